The molecule has 4 rings (SSSR count). The number of piperidine rings is 1. The van der Waals surface area contributed by atoms with Crippen LogP contribution in [0.3, 0.4) is 0 Å². The van der Waals surface area contributed by atoms with Crippen molar-refractivity contribution in [3.05, 3.63) is 60.2 Å². The average molecular weight is 458 g/mol. The second-order valence-electron chi connectivity index (χ2n) is 8.40. The zero-order valence-electron chi connectivity index (χ0n) is 18.5. The number of ether oxygens (including phenoxy) is 1. The Hall–Kier alpha value is -2.42. The molecule has 2 aromatic rings. The number of sulfonamides is 1. The van der Waals surface area contributed by atoms with Gasteiger partial charge in [-0.15, -0.1) is 0 Å². The summed E-state index contributed by atoms with van der Waals surface area (Å²) in [5.41, 5.74) is 2.17. The van der Waals surface area contributed by atoms with Gasteiger partial charge < -0.3 is 14.5 Å². The molecule has 2 aromatic carbocycles. The van der Waals surface area contributed by atoms with Crippen LogP contribution in [0.25, 0.3) is 0 Å². The molecule has 2 fully saturated rings. The van der Waals surface area contributed by atoms with Crippen molar-refractivity contribution in [1.82, 2.24) is 9.21 Å². The Labute approximate surface area is 190 Å². The zero-order chi connectivity index (χ0) is 22.6. The number of rotatable bonds is 6. The molecule has 0 bridgehead atoms. The van der Waals surface area contributed by atoms with E-state index >= 15 is 0 Å². The summed E-state index contributed by atoms with van der Waals surface area (Å²) < 4.78 is 33.2. The third kappa shape index (κ3) is 4.98. The number of morpholine rings is 1. The Morgan fingerprint density at radius 2 is 1.69 bits per heavy atom. The van der Waals surface area contributed by atoms with Crippen LogP contribution in [0.4, 0.5) is 5.69 Å². The molecule has 0 spiro atoms. The Morgan fingerprint density at radius 3 is 2.38 bits per heavy atom. The molecule has 2 aliphatic rings. The minimum absolute atomic E-state index is 0.151. The highest BCUT2D eigenvalue weighted by Gasteiger charge is 2.38. The van der Waals surface area contributed by atoms with Gasteiger partial charge in [-0.05, 0) is 42.7 Å². The molecule has 172 valence electrons. The third-order valence-electron chi connectivity index (χ3n) is 6.20. The molecule has 1 atom stereocenters. The summed E-state index contributed by atoms with van der Waals surface area (Å²) in [6.45, 7) is 4.05. The Kier molecular flexibility index (Phi) is 7.13. The molecule has 8 heteroatoms. The number of nitrogens with zero attached hydrogens (tertiary/aromatic N) is 3. The number of hydrogen-bond acceptors (Lipinski definition) is 5. The van der Waals surface area contributed by atoms with Crippen LogP contribution in [0.15, 0.2) is 59.5 Å². The Morgan fingerprint density at radius 1 is 1.00 bits per heavy atom. The predicted molar refractivity (Wildman–Crippen MR) is 124 cm³/mol. The molecule has 2 heterocycles. The number of benzene rings is 2. The summed E-state index contributed by atoms with van der Waals surface area (Å²) in [7, 11) is -1.96. The fraction of sp³-hybridized carbons (Fsp3) is 0.458. The van der Waals surface area contributed by atoms with Gasteiger partial charge in [0.2, 0.25) is 15.9 Å². The van der Waals surface area contributed by atoms with Crippen molar-refractivity contribution < 1.29 is 17.9 Å². The second kappa shape index (κ2) is 10.0. The molecule has 1 amide bonds. The standard InChI is InChI=1S/C24H31N3O4S/c1-25(19-20-10-12-21(13-11-20)26-15-17-31-18-16-26)24(28)23-9-5-6-14-27(23)32(29,30)22-7-3-2-4-8-22/h2-4,7-8,10-13,23H,5-6,9,14-19H2,1H3. The van der Waals surface area contributed by atoms with E-state index in [0.717, 1.165) is 50.4 Å². The second-order valence-corrected chi connectivity index (χ2v) is 10.3. The molecule has 2 saturated heterocycles. The maximum atomic E-state index is 13.3. The number of hydrogen-bond donors (Lipinski definition) is 0. The van der Waals surface area contributed by atoms with E-state index in [1.54, 1.807) is 42.3 Å². The number of likely N-dealkylation sites (N-methyl/N-ethyl adjacent to an activating group) is 1. The first-order chi connectivity index (χ1) is 15.5. The zero-order valence-corrected chi connectivity index (χ0v) is 19.3. The van der Waals surface area contributed by atoms with E-state index in [4.69, 9.17) is 4.74 Å². The highest BCUT2D eigenvalue weighted by atomic mass is 32.2. The van der Waals surface area contributed by atoms with E-state index in [9.17, 15) is 13.2 Å². The van der Waals surface area contributed by atoms with Crippen molar-refractivity contribution in [1.29, 1.82) is 0 Å². The van der Waals surface area contributed by atoms with Crippen molar-refractivity contribution in [3.63, 3.8) is 0 Å². The lowest BCUT2D eigenvalue weighted by molar-refractivity contribution is -0.135. The summed E-state index contributed by atoms with van der Waals surface area (Å²) in [5, 5.41) is 0. The van der Waals surface area contributed by atoms with Crippen LogP contribution in [-0.4, -0.2) is 69.5 Å². The molecule has 2 aliphatic heterocycles. The highest BCUT2D eigenvalue weighted by molar-refractivity contribution is 7.89. The summed E-state index contributed by atoms with van der Waals surface area (Å²) >= 11 is 0. The van der Waals surface area contributed by atoms with Gasteiger partial charge in [-0.1, -0.05) is 36.8 Å². The summed E-state index contributed by atoms with van der Waals surface area (Å²) in [5.74, 6) is -0.151. The minimum Gasteiger partial charge on any atom is -0.378 e. The number of anilines is 1. The van der Waals surface area contributed by atoms with Gasteiger partial charge >= 0.3 is 0 Å². The van der Waals surface area contributed by atoms with E-state index in [-0.39, 0.29) is 10.8 Å². The van der Waals surface area contributed by atoms with Crippen LogP contribution < -0.4 is 4.90 Å². The van der Waals surface area contributed by atoms with Crippen molar-refractivity contribution in [2.75, 3.05) is 44.8 Å². The lowest BCUT2D eigenvalue weighted by Gasteiger charge is -2.36. The van der Waals surface area contributed by atoms with Crippen LogP contribution in [0.1, 0.15) is 24.8 Å². The van der Waals surface area contributed by atoms with Gasteiger partial charge in [-0.2, -0.15) is 4.31 Å². The van der Waals surface area contributed by atoms with Crippen molar-refractivity contribution in [2.45, 2.75) is 36.7 Å². The van der Waals surface area contributed by atoms with Gasteiger partial charge in [-0.3, -0.25) is 4.79 Å². The normalized spacial score (nSPS) is 20.2. The number of carbonyl (C=O) groups is 1. The minimum atomic E-state index is -3.71. The lowest BCUT2D eigenvalue weighted by atomic mass is 10.0. The molecule has 0 N–H and O–H groups in total. The number of amides is 1. The summed E-state index contributed by atoms with van der Waals surface area (Å²) in [4.78, 5) is 17.5. The molecule has 0 saturated carbocycles. The first-order valence-electron chi connectivity index (χ1n) is 11.2. The van der Waals surface area contributed by atoms with Crippen molar-refractivity contribution in [3.8, 4) is 0 Å². The van der Waals surface area contributed by atoms with Crippen LogP contribution in [0, 0.1) is 0 Å². The molecule has 32 heavy (non-hydrogen) atoms. The lowest BCUT2D eigenvalue weighted by Crippen LogP contribution is -2.51. The molecule has 0 radical (unpaired) electrons. The molecular weight excluding hydrogens is 426 g/mol. The predicted octanol–water partition coefficient (Wildman–Crippen LogP) is 2.73. The molecule has 0 aliphatic carbocycles. The van der Waals surface area contributed by atoms with Gasteiger partial charge in [0.05, 0.1) is 18.1 Å². The summed E-state index contributed by atoms with van der Waals surface area (Å²) in [6.07, 6.45) is 2.16. The topological polar surface area (TPSA) is 70.2 Å². The molecular formula is C24H31N3O4S. The van der Waals surface area contributed by atoms with Gasteiger partial charge in [0.25, 0.3) is 0 Å². The van der Waals surface area contributed by atoms with E-state index in [2.05, 4.69) is 17.0 Å². The largest absolute Gasteiger partial charge is 0.378 e. The van der Waals surface area contributed by atoms with Gasteiger partial charge in [-0.25, -0.2) is 8.42 Å². The van der Waals surface area contributed by atoms with Gasteiger partial charge in [0.15, 0.2) is 0 Å². The first kappa shape index (κ1) is 22.8. The fourth-order valence-corrected chi connectivity index (χ4v) is 6.08. The summed E-state index contributed by atoms with van der Waals surface area (Å²) in [6, 6.07) is 15.9. The van der Waals surface area contributed by atoms with Crippen molar-refractivity contribution in [2.24, 2.45) is 0 Å². The van der Waals surface area contributed by atoms with E-state index in [0.29, 0.717) is 19.5 Å². The monoisotopic (exact) mass is 457 g/mol. The molecule has 1 unspecified atom stereocenters. The first-order valence-corrected chi connectivity index (χ1v) is 12.6. The maximum absolute atomic E-state index is 13.3. The van der Waals surface area contributed by atoms with Crippen LogP contribution in [-0.2, 0) is 26.1 Å². The molecule has 0 aromatic heterocycles. The third-order valence-corrected chi connectivity index (χ3v) is 8.12. The Bertz CT molecular complexity index is 1010. The quantitative estimate of drug-likeness (QED) is 0.667. The SMILES string of the molecule is CN(Cc1ccc(N2CCOCC2)cc1)C(=O)C1CCCCN1S(=O)(=O)c1ccccc1. The van der Waals surface area contributed by atoms with Crippen LogP contribution in [0.5, 0.6) is 0 Å². The van der Waals surface area contributed by atoms with E-state index < -0.39 is 16.1 Å². The van der Waals surface area contributed by atoms with E-state index in [1.165, 1.54) is 4.31 Å². The average Bonchev–Trinajstić information content (AvgIpc) is 2.85. The smallest absolute Gasteiger partial charge is 0.243 e. The fourth-order valence-electron chi connectivity index (χ4n) is 4.41. The van der Waals surface area contributed by atoms with Crippen LogP contribution >= 0.6 is 0 Å². The Balaban J connectivity index is 1.45. The molecule has 7 nitrogen and oxygen atoms in total. The maximum Gasteiger partial charge on any atom is 0.243 e. The van der Waals surface area contributed by atoms with Crippen molar-refractivity contribution >= 4 is 21.6 Å². The van der Waals surface area contributed by atoms with Crippen LogP contribution in [0.2, 0.25) is 0 Å². The number of carbonyl (C=O) groups excluding carboxylic acids is 1. The van der Waals surface area contributed by atoms with E-state index in [1.807, 2.05) is 12.1 Å². The highest BCUT2D eigenvalue weighted by Crippen LogP contribution is 2.27. The van der Waals surface area contributed by atoms with Gasteiger partial charge in [0, 0.05) is 38.9 Å². The van der Waals surface area contributed by atoms with Gasteiger partial charge in [0.1, 0.15) is 6.04 Å².